The summed E-state index contributed by atoms with van der Waals surface area (Å²) >= 11 is 0. The molecule has 33 heavy (non-hydrogen) atoms. The normalized spacial score (nSPS) is 14.5. The highest BCUT2D eigenvalue weighted by molar-refractivity contribution is 7.89. The molecule has 0 spiro atoms. The van der Waals surface area contributed by atoms with Crippen LogP contribution >= 0.6 is 0 Å². The van der Waals surface area contributed by atoms with Crippen molar-refractivity contribution in [2.24, 2.45) is 7.05 Å². The Hall–Kier alpha value is -3.30. The molecule has 0 radical (unpaired) electrons. The lowest BCUT2D eigenvalue weighted by Gasteiger charge is -2.27. The molecule has 1 aliphatic rings. The Morgan fingerprint density at radius 1 is 1.03 bits per heavy atom. The molecule has 0 saturated heterocycles. The summed E-state index contributed by atoms with van der Waals surface area (Å²) in [5.74, 6) is 1.09. The zero-order valence-electron chi connectivity index (χ0n) is 18.8. The topological polar surface area (TPSA) is 94.1 Å². The molecule has 0 saturated carbocycles. The molecular formula is C24H25N5O3S. The van der Waals surface area contributed by atoms with E-state index in [9.17, 15) is 8.42 Å². The molecule has 0 fully saturated rings. The van der Waals surface area contributed by atoms with Crippen LogP contribution in [0.5, 0.6) is 0 Å². The van der Waals surface area contributed by atoms with Crippen LogP contribution in [0, 0.1) is 0 Å². The van der Waals surface area contributed by atoms with Gasteiger partial charge in [0.05, 0.1) is 4.90 Å². The number of rotatable bonds is 5. The number of aromatic nitrogens is 4. The summed E-state index contributed by atoms with van der Waals surface area (Å²) in [4.78, 5) is 4.82. The highest BCUT2D eigenvalue weighted by Crippen LogP contribution is 2.32. The van der Waals surface area contributed by atoms with Gasteiger partial charge in [0.15, 0.2) is 5.69 Å². The zero-order valence-corrected chi connectivity index (χ0v) is 19.6. The van der Waals surface area contributed by atoms with Gasteiger partial charge < -0.3 is 4.52 Å². The van der Waals surface area contributed by atoms with E-state index in [1.165, 1.54) is 4.31 Å². The van der Waals surface area contributed by atoms with Crippen LogP contribution in [0.3, 0.4) is 0 Å². The van der Waals surface area contributed by atoms with Crippen molar-refractivity contribution in [3.05, 3.63) is 71.4 Å². The molecule has 0 aliphatic carbocycles. The molecule has 0 N–H and O–H groups in total. The molecular weight excluding hydrogens is 438 g/mol. The number of hydrogen-bond donors (Lipinski definition) is 0. The van der Waals surface area contributed by atoms with Crippen LogP contribution in [0.4, 0.5) is 0 Å². The lowest BCUT2D eigenvalue weighted by Crippen LogP contribution is -2.36. The van der Waals surface area contributed by atoms with Crippen LogP contribution in [0.15, 0.2) is 64.0 Å². The van der Waals surface area contributed by atoms with Gasteiger partial charge in [-0.1, -0.05) is 61.5 Å². The summed E-state index contributed by atoms with van der Waals surface area (Å²) in [5, 5.41) is 8.68. The summed E-state index contributed by atoms with van der Waals surface area (Å²) in [6, 6.07) is 16.7. The standard InChI is InChI=1S/C24H25N5O3S/c1-16(2)17-9-11-19(12-10-17)33(30,31)29-14-13-21-20(15-29)22(26-28(21)3)24-25-23(27-32-24)18-7-5-4-6-8-18/h4-12,16H,13-15H2,1-3H3. The van der Waals surface area contributed by atoms with Crippen LogP contribution in [-0.4, -0.2) is 39.2 Å². The third kappa shape index (κ3) is 3.87. The fourth-order valence-corrected chi connectivity index (χ4v) is 5.55. The zero-order chi connectivity index (χ0) is 23.2. The predicted molar refractivity (Wildman–Crippen MR) is 124 cm³/mol. The van der Waals surface area contributed by atoms with Crippen molar-refractivity contribution >= 4 is 10.0 Å². The molecule has 2 aromatic carbocycles. The summed E-state index contributed by atoms with van der Waals surface area (Å²) in [7, 11) is -1.79. The van der Waals surface area contributed by atoms with E-state index in [2.05, 4.69) is 29.1 Å². The first-order valence-electron chi connectivity index (χ1n) is 10.9. The first-order valence-corrected chi connectivity index (χ1v) is 12.3. The Bertz CT molecular complexity index is 1390. The van der Waals surface area contributed by atoms with E-state index in [0.29, 0.717) is 35.3 Å². The van der Waals surface area contributed by atoms with Gasteiger partial charge in [0.1, 0.15) is 0 Å². The second-order valence-corrected chi connectivity index (χ2v) is 10.4. The molecule has 3 heterocycles. The first-order chi connectivity index (χ1) is 15.8. The van der Waals surface area contributed by atoms with Gasteiger partial charge in [0.2, 0.25) is 15.8 Å². The fraction of sp³-hybridized carbons (Fsp3) is 0.292. The number of sulfonamides is 1. The average molecular weight is 464 g/mol. The fourth-order valence-electron chi connectivity index (χ4n) is 4.14. The third-order valence-corrected chi connectivity index (χ3v) is 7.91. The van der Waals surface area contributed by atoms with Crippen molar-refractivity contribution in [2.45, 2.75) is 37.6 Å². The molecule has 8 nitrogen and oxygen atoms in total. The minimum atomic E-state index is -3.65. The molecule has 0 bridgehead atoms. The Balaban J connectivity index is 1.47. The SMILES string of the molecule is CC(C)c1ccc(S(=O)(=O)N2CCc3c(c(-c4nc(-c5ccccc5)no4)nn3C)C2)cc1. The third-order valence-electron chi connectivity index (χ3n) is 6.05. The number of nitrogens with zero attached hydrogens (tertiary/aromatic N) is 5. The monoisotopic (exact) mass is 463 g/mol. The van der Waals surface area contributed by atoms with Crippen LogP contribution < -0.4 is 0 Å². The Kier molecular flexibility index (Phi) is 5.38. The predicted octanol–water partition coefficient (Wildman–Crippen LogP) is 4.01. The number of fused-ring (bicyclic) bond motifs is 1. The Morgan fingerprint density at radius 3 is 2.45 bits per heavy atom. The number of aryl methyl sites for hydroxylation is 1. The molecule has 9 heteroatoms. The van der Waals surface area contributed by atoms with E-state index in [4.69, 9.17) is 4.52 Å². The maximum absolute atomic E-state index is 13.4. The molecule has 4 aromatic rings. The van der Waals surface area contributed by atoms with E-state index >= 15 is 0 Å². The van der Waals surface area contributed by atoms with E-state index in [-0.39, 0.29) is 12.4 Å². The van der Waals surface area contributed by atoms with E-state index in [1.54, 1.807) is 16.8 Å². The van der Waals surface area contributed by atoms with Crippen molar-refractivity contribution in [3.63, 3.8) is 0 Å². The molecule has 0 unspecified atom stereocenters. The maximum Gasteiger partial charge on any atom is 0.279 e. The largest absolute Gasteiger partial charge is 0.332 e. The minimum Gasteiger partial charge on any atom is -0.332 e. The lowest BCUT2D eigenvalue weighted by atomic mass is 10.0. The van der Waals surface area contributed by atoms with Crippen molar-refractivity contribution < 1.29 is 12.9 Å². The summed E-state index contributed by atoms with van der Waals surface area (Å²) in [6.07, 6.45) is 0.557. The van der Waals surface area contributed by atoms with Gasteiger partial charge in [-0.25, -0.2) is 8.42 Å². The minimum absolute atomic E-state index is 0.204. The smallest absolute Gasteiger partial charge is 0.279 e. The summed E-state index contributed by atoms with van der Waals surface area (Å²) in [6.45, 7) is 4.76. The van der Waals surface area contributed by atoms with Gasteiger partial charge in [-0.05, 0) is 23.6 Å². The molecule has 5 rings (SSSR count). The summed E-state index contributed by atoms with van der Waals surface area (Å²) < 4.78 is 35.5. The quantitative estimate of drug-likeness (QED) is 0.444. The Labute approximate surface area is 192 Å². The molecule has 0 atom stereocenters. The Morgan fingerprint density at radius 2 is 1.76 bits per heavy atom. The number of benzene rings is 2. The van der Waals surface area contributed by atoms with Crippen LogP contribution in [-0.2, 0) is 30.0 Å². The maximum atomic E-state index is 13.4. The second-order valence-electron chi connectivity index (χ2n) is 8.50. The van der Waals surface area contributed by atoms with Crippen LogP contribution in [0.1, 0.15) is 36.6 Å². The van der Waals surface area contributed by atoms with E-state index in [1.807, 2.05) is 49.5 Å². The van der Waals surface area contributed by atoms with E-state index in [0.717, 1.165) is 22.4 Å². The van der Waals surface area contributed by atoms with Crippen LogP contribution in [0.25, 0.3) is 23.0 Å². The highest BCUT2D eigenvalue weighted by atomic mass is 32.2. The molecule has 2 aromatic heterocycles. The average Bonchev–Trinajstić information content (AvgIpc) is 3.44. The summed E-state index contributed by atoms with van der Waals surface area (Å²) in [5.41, 5.74) is 4.25. The van der Waals surface area contributed by atoms with Gasteiger partial charge in [-0.3, -0.25) is 4.68 Å². The van der Waals surface area contributed by atoms with Gasteiger partial charge in [0.25, 0.3) is 5.89 Å². The van der Waals surface area contributed by atoms with Gasteiger partial charge in [0, 0.05) is 43.4 Å². The molecule has 1 aliphatic heterocycles. The highest BCUT2D eigenvalue weighted by Gasteiger charge is 2.33. The van der Waals surface area contributed by atoms with Gasteiger partial charge >= 0.3 is 0 Å². The number of hydrogen-bond acceptors (Lipinski definition) is 6. The van der Waals surface area contributed by atoms with Crippen molar-refractivity contribution in [1.29, 1.82) is 0 Å². The van der Waals surface area contributed by atoms with Crippen molar-refractivity contribution in [1.82, 2.24) is 24.2 Å². The van der Waals surface area contributed by atoms with E-state index < -0.39 is 10.0 Å². The molecule has 170 valence electrons. The lowest BCUT2D eigenvalue weighted by molar-refractivity contribution is 0.385. The molecule has 0 amide bonds. The van der Waals surface area contributed by atoms with Gasteiger partial charge in [-0.15, -0.1) is 0 Å². The second kappa shape index (κ2) is 8.24. The first kappa shape index (κ1) is 21.5. The van der Waals surface area contributed by atoms with Crippen LogP contribution in [0.2, 0.25) is 0 Å². The van der Waals surface area contributed by atoms with Crippen molar-refractivity contribution in [3.8, 4) is 23.0 Å². The van der Waals surface area contributed by atoms with Crippen molar-refractivity contribution in [2.75, 3.05) is 6.54 Å². The van der Waals surface area contributed by atoms with Gasteiger partial charge in [-0.2, -0.15) is 14.4 Å².